The third-order valence-electron chi connectivity index (χ3n) is 2.20. The first-order valence-electron chi connectivity index (χ1n) is 5.65. The molecule has 0 saturated carbocycles. The number of carbonyl (C=O) groups excluding carboxylic acids is 1. The Morgan fingerprint density at radius 3 is 3.00 bits per heavy atom. The van der Waals surface area contributed by atoms with Crippen LogP contribution < -0.4 is 5.32 Å². The van der Waals surface area contributed by atoms with Crippen LogP contribution >= 0.6 is 15.9 Å². The van der Waals surface area contributed by atoms with Crippen LogP contribution in [0.3, 0.4) is 0 Å². The smallest absolute Gasteiger partial charge is 0.305 e. The van der Waals surface area contributed by atoms with Gasteiger partial charge in [-0.25, -0.2) is 4.98 Å². The van der Waals surface area contributed by atoms with Gasteiger partial charge in [-0.1, -0.05) is 0 Å². The number of nitrogens with zero attached hydrogens (tertiary/aromatic N) is 1. The minimum Gasteiger partial charge on any atom is -0.466 e. The average molecular weight is 301 g/mol. The van der Waals surface area contributed by atoms with E-state index >= 15 is 0 Å². The van der Waals surface area contributed by atoms with Gasteiger partial charge in [-0.3, -0.25) is 4.79 Å². The van der Waals surface area contributed by atoms with E-state index in [0.717, 1.165) is 22.3 Å². The summed E-state index contributed by atoms with van der Waals surface area (Å²) < 4.78 is 5.81. The van der Waals surface area contributed by atoms with Crippen LogP contribution in [0.25, 0.3) is 0 Å². The van der Waals surface area contributed by atoms with Crippen molar-refractivity contribution in [1.82, 2.24) is 4.98 Å². The van der Waals surface area contributed by atoms with E-state index in [9.17, 15) is 4.79 Å². The Morgan fingerprint density at radius 1 is 1.59 bits per heavy atom. The lowest BCUT2D eigenvalue weighted by molar-refractivity contribution is -0.143. The number of esters is 1. The summed E-state index contributed by atoms with van der Waals surface area (Å²) >= 11 is 3.36. The Hall–Kier alpha value is -1.10. The van der Waals surface area contributed by atoms with Gasteiger partial charge in [-0.2, -0.15) is 0 Å². The molecule has 4 nitrogen and oxygen atoms in total. The van der Waals surface area contributed by atoms with E-state index < -0.39 is 0 Å². The van der Waals surface area contributed by atoms with Crippen molar-refractivity contribution in [3.63, 3.8) is 0 Å². The van der Waals surface area contributed by atoms with Crippen LogP contribution in [0.5, 0.6) is 0 Å². The van der Waals surface area contributed by atoms with Crippen molar-refractivity contribution in [2.24, 2.45) is 0 Å². The first-order chi connectivity index (χ1) is 8.13. The Labute approximate surface area is 110 Å². The fourth-order valence-electron chi connectivity index (χ4n) is 1.40. The molecule has 17 heavy (non-hydrogen) atoms. The van der Waals surface area contributed by atoms with Crippen LogP contribution in [-0.4, -0.2) is 24.1 Å². The van der Waals surface area contributed by atoms with Crippen LogP contribution in [0.1, 0.15) is 25.3 Å². The number of rotatable bonds is 6. The largest absolute Gasteiger partial charge is 0.466 e. The van der Waals surface area contributed by atoms with Gasteiger partial charge in [0.2, 0.25) is 0 Å². The Bertz CT molecular complexity index is 383. The van der Waals surface area contributed by atoms with Crippen molar-refractivity contribution < 1.29 is 9.53 Å². The second-order valence-electron chi connectivity index (χ2n) is 3.65. The monoisotopic (exact) mass is 300 g/mol. The molecule has 1 aromatic heterocycles. The van der Waals surface area contributed by atoms with Gasteiger partial charge in [0.25, 0.3) is 0 Å². The van der Waals surface area contributed by atoms with E-state index in [1.54, 1.807) is 6.20 Å². The zero-order valence-electron chi connectivity index (χ0n) is 10.1. The normalized spacial score (nSPS) is 10.1. The molecular weight excluding hydrogens is 284 g/mol. The molecule has 0 aliphatic heterocycles. The molecular formula is C12H17BrN2O2. The lowest BCUT2D eigenvalue weighted by atomic mass is 10.2. The van der Waals surface area contributed by atoms with Gasteiger partial charge in [-0.05, 0) is 47.8 Å². The number of hydrogen-bond donors (Lipinski definition) is 1. The summed E-state index contributed by atoms with van der Waals surface area (Å²) in [5.74, 6) is 0.715. The minimum atomic E-state index is -0.144. The maximum absolute atomic E-state index is 11.1. The van der Waals surface area contributed by atoms with E-state index in [0.29, 0.717) is 19.6 Å². The van der Waals surface area contributed by atoms with E-state index in [1.165, 1.54) is 0 Å². The predicted molar refractivity (Wildman–Crippen MR) is 71.0 cm³/mol. The molecule has 0 saturated heterocycles. The molecule has 94 valence electrons. The fourth-order valence-corrected chi connectivity index (χ4v) is 1.84. The van der Waals surface area contributed by atoms with Crippen molar-refractivity contribution in [2.75, 3.05) is 18.5 Å². The van der Waals surface area contributed by atoms with Crippen LogP contribution in [0.2, 0.25) is 0 Å². The molecule has 0 unspecified atom stereocenters. The molecule has 1 aromatic rings. The number of ether oxygens (including phenoxy) is 1. The Balaban J connectivity index is 2.29. The molecule has 1 rings (SSSR count). The number of halogens is 1. The van der Waals surface area contributed by atoms with Crippen molar-refractivity contribution in [2.45, 2.75) is 26.7 Å². The topological polar surface area (TPSA) is 51.2 Å². The summed E-state index contributed by atoms with van der Waals surface area (Å²) in [4.78, 5) is 15.4. The fraction of sp³-hybridized carbons (Fsp3) is 0.500. The molecule has 0 radical (unpaired) electrons. The molecule has 0 atom stereocenters. The zero-order chi connectivity index (χ0) is 12.7. The number of pyridine rings is 1. The summed E-state index contributed by atoms with van der Waals surface area (Å²) in [6.07, 6.45) is 2.94. The maximum atomic E-state index is 11.1. The molecule has 0 spiro atoms. The Morgan fingerprint density at radius 2 is 2.35 bits per heavy atom. The highest BCUT2D eigenvalue weighted by Crippen LogP contribution is 2.16. The van der Waals surface area contributed by atoms with Crippen molar-refractivity contribution >= 4 is 27.7 Å². The third-order valence-corrected chi connectivity index (χ3v) is 2.63. The molecule has 0 aliphatic carbocycles. The number of nitrogens with one attached hydrogen (secondary N) is 1. The molecule has 0 amide bonds. The molecule has 1 heterocycles. The predicted octanol–water partition coefficient (Wildman–Crippen LogP) is 2.91. The highest BCUT2D eigenvalue weighted by molar-refractivity contribution is 9.10. The van der Waals surface area contributed by atoms with E-state index in [1.807, 2.05) is 19.9 Å². The third kappa shape index (κ3) is 5.17. The van der Waals surface area contributed by atoms with Crippen molar-refractivity contribution in [3.8, 4) is 0 Å². The number of hydrogen-bond acceptors (Lipinski definition) is 4. The maximum Gasteiger partial charge on any atom is 0.305 e. The quantitative estimate of drug-likeness (QED) is 0.648. The lowest BCUT2D eigenvalue weighted by Gasteiger charge is -2.08. The van der Waals surface area contributed by atoms with E-state index in [2.05, 4.69) is 26.2 Å². The molecule has 0 aliphatic rings. The van der Waals surface area contributed by atoms with Crippen molar-refractivity contribution in [1.29, 1.82) is 0 Å². The molecule has 1 N–H and O–H groups in total. The van der Waals surface area contributed by atoms with Crippen LogP contribution in [0.4, 0.5) is 5.82 Å². The summed E-state index contributed by atoms with van der Waals surface area (Å²) in [5.41, 5.74) is 1.08. The summed E-state index contributed by atoms with van der Waals surface area (Å²) in [6, 6.07) is 2.00. The standard InChI is InChI=1S/C12H17BrN2O2/c1-3-17-11(16)5-4-6-14-12-9(2)7-10(13)8-15-12/h7-8H,3-6H2,1-2H3,(H,14,15). The first-order valence-corrected chi connectivity index (χ1v) is 6.44. The number of carbonyl (C=O) groups is 1. The molecule has 5 heteroatoms. The van der Waals surface area contributed by atoms with Gasteiger partial charge in [0.1, 0.15) is 5.82 Å². The summed E-state index contributed by atoms with van der Waals surface area (Å²) in [7, 11) is 0. The summed E-state index contributed by atoms with van der Waals surface area (Å²) in [6.45, 7) is 4.96. The SMILES string of the molecule is CCOC(=O)CCCNc1ncc(Br)cc1C. The minimum absolute atomic E-state index is 0.144. The lowest BCUT2D eigenvalue weighted by Crippen LogP contribution is -2.09. The van der Waals surface area contributed by atoms with Gasteiger partial charge in [-0.15, -0.1) is 0 Å². The van der Waals surface area contributed by atoms with Gasteiger partial charge < -0.3 is 10.1 Å². The first kappa shape index (κ1) is 14.0. The Kier molecular flexibility index (Phi) is 5.97. The van der Waals surface area contributed by atoms with Crippen LogP contribution in [0, 0.1) is 6.92 Å². The average Bonchev–Trinajstić information content (AvgIpc) is 2.27. The highest BCUT2D eigenvalue weighted by Gasteiger charge is 2.02. The molecule has 0 aromatic carbocycles. The zero-order valence-corrected chi connectivity index (χ0v) is 11.7. The second-order valence-corrected chi connectivity index (χ2v) is 4.57. The van der Waals surface area contributed by atoms with Gasteiger partial charge >= 0.3 is 5.97 Å². The van der Waals surface area contributed by atoms with Crippen LogP contribution in [0.15, 0.2) is 16.7 Å². The second kappa shape index (κ2) is 7.27. The summed E-state index contributed by atoms with van der Waals surface area (Å²) in [5, 5.41) is 3.20. The van der Waals surface area contributed by atoms with E-state index in [-0.39, 0.29) is 5.97 Å². The van der Waals surface area contributed by atoms with E-state index in [4.69, 9.17) is 4.74 Å². The van der Waals surface area contributed by atoms with Crippen LogP contribution in [-0.2, 0) is 9.53 Å². The number of aryl methyl sites for hydroxylation is 1. The van der Waals surface area contributed by atoms with Gasteiger partial charge in [0, 0.05) is 23.6 Å². The van der Waals surface area contributed by atoms with Crippen molar-refractivity contribution in [3.05, 3.63) is 22.3 Å². The number of aromatic nitrogens is 1. The van der Waals surface area contributed by atoms with Gasteiger partial charge in [0.05, 0.1) is 6.61 Å². The highest BCUT2D eigenvalue weighted by atomic mass is 79.9. The molecule has 0 bridgehead atoms. The van der Waals surface area contributed by atoms with Gasteiger partial charge in [0.15, 0.2) is 0 Å². The number of anilines is 1. The molecule has 0 fully saturated rings.